The Labute approximate surface area is 68.2 Å². The second kappa shape index (κ2) is 3.38. The van der Waals surface area contributed by atoms with Gasteiger partial charge in [0.15, 0.2) is 0 Å². The van der Waals surface area contributed by atoms with Gasteiger partial charge in [-0.05, 0) is 18.8 Å². The topological polar surface area (TPSA) is 89.7 Å². The fraction of sp³-hybridized carbons (Fsp3) is 0.833. The third kappa shape index (κ3) is 2.08. The molecule has 0 aromatic heterocycles. The van der Waals surface area contributed by atoms with Gasteiger partial charge >= 0.3 is 5.97 Å². The van der Waals surface area contributed by atoms with Gasteiger partial charge in [-0.2, -0.15) is 0 Å². The number of carboxylic acids is 1. The Balaban J connectivity index is 2.10. The van der Waals surface area contributed by atoms with Crippen molar-refractivity contribution in [2.75, 3.05) is 6.61 Å². The van der Waals surface area contributed by atoms with E-state index in [1.165, 1.54) is 0 Å². The molecule has 0 saturated heterocycles. The van der Waals surface area contributed by atoms with Crippen LogP contribution in [0.15, 0.2) is 0 Å². The van der Waals surface area contributed by atoms with E-state index < -0.39 is 11.1 Å². The maximum atomic E-state index is 10.3. The Bertz CT molecular complexity index is 195. The molecule has 68 valence electrons. The van der Waals surface area contributed by atoms with E-state index in [0.717, 1.165) is 0 Å². The van der Waals surface area contributed by atoms with Crippen LogP contribution in [-0.4, -0.2) is 22.8 Å². The third-order valence-electron chi connectivity index (χ3n) is 2.00. The molecule has 0 aromatic carbocycles. The van der Waals surface area contributed by atoms with Crippen LogP contribution >= 0.6 is 0 Å². The quantitative estimate of drug-likeness (QED) is 0.490. The standard InChI is InChI=1S/C6H9NO5/c8-6(9)5-1-4(2-5)3-12-7(10)11/h4-5H,1-3H2,(H,8,9)/t4-,5-. The molecule has 12 heavy (non-hydrogen) atoms. The zero-order valence-electron chi connectivity index (χ0n) is 6.30. The second-order valence-corrected chi connectivity index (χ2v) is 2.89. The first-order chi connectivity index (χ1) is 5.59. The van der Waals surface area contributed by atoms with Crippen molar-refractivity contribution in [2.24, 2.45) is 11.8 Å². The first-order valence-electron chi connectivity index (χ1n) is 3.59. The summed E-state index contributed by atoms with van der Waals surface area (Å²) in [6, 6.07) is 0. The molecule has 1 fully saturated rings. The van der Waals surface area contributed by atoms with Crippen molar-refractivity contribution < 1.29 is 19.8 Å². The fourth-order valence-electron chi connectivity index (χ4n) is 1.24. The molecule has 0 spiro atoms. The zero-order chi connectivity index (χ0) is 9.14. The van der Waals surface area contributed by atoms with Crippen molar-refractivity contribution in [3.63, 3.8) is 0 Å². The molecule has 6 nitrogen and oxygen atoms in total. The molecule has 1 saturated carbocycles. The van der Waals surface area contributed by atoms with Gasteiger partial charge in [0.05, 0.1) is 12.5 Å². The van der Waals surface area contributed by atoms with Crippen LogP contribution < -0.4 is 0 Å². The highest BCUT2D eigenvalue weighted by Gasteiger charge is 2.34. The van der Waals surface area contributed by atoms with Crippen LogP contribution in [0.25, 0.3) is 0 Å². The van der Waals surface area contributed by atoms with Crippen LogP contribution in [0, 0.1) is 22.0 Å². The van der Waals surface area contributed by atoms with E-state index in [1.54, 1.807) is 0 Å². The monoisotopic (exact) mass is 175 g/mol. The van der Waals surface area contributed by atoms with Crippen LogP contribution in [0.5, 0.6) is 0 Å². The lowest BCUT2D eigenvalue weighted by molar-refractivity contribution is -0.759. The molecule has 1 aliphatic carbocycles. The van der Waals surface area contributed by atoms with Gasteiger partial charge in [0, 0.05) is 0 Å². The molecular formula is C6H9NO5. The van der Waals surface area contributed by atoms with Crippen molar-refractivity contribution >= 4 is 5.97 Å². The van der Waals surface area contributed by atoms with Crippen LogP contribution in [-0.2, 0) is 9.63 Å². The molecule has 0 bridgehead atoms. The summed E-state index contributed by atoms with van der Waals surface area (Å²) in [5, 5.41) is 17.3. The van der Waals surface area contributed by atoms with Gasteiger partial charge in [-0.1, -0.05) is 0 Å². The van der Waals surface area contributed by atoms with Crippen molar-refractivity contribution in [1.29, 1.82) is 0 Å². The number of carboxylic acid groups (broad SMARTS) is 1. The number of nitrogens with zero attached hydrogens (tertiary/aromatic N) is 1. The van der Waals surface area contributed by atoms with Gasteiger partial charge in [-0.15, -0.1) is 10.1 Å². The van der Waals surface area contributed by atoms with Gasteiger partial charge in [-0.3, -0.25) is 4.79 Å². The largest absolute Gasteiger partial charge is 0.481 e. The predicted octanol–water partition coefficient (Wildman–Crippen LogP) is 0.306. The van der Waals surface area contributed by atoms with Crippen molar-refractivity contribution in [3.8, 4) is 0 Å². The highest BCUT2D eigenvalue weighted by Crippen LogP contribution is 2.33. The molecule has 0 heterocycles. The van der Waals surface area contributed by atoms with Crippen LogP contribution in [0.2, 0.25) is 0 Å². The van der Waals surface area contributed by atoms with E-state index in [-0.39, 0.29) is 18.4 Å². The van der Waals surface area contributed by atoms with Crippen LogP contribution in [0.3, 0.4) is 0 Å². The number of carbonyl (C=O) groups is 1. The molecule has 0 atom stereocenters. The lowest BCUT2D eigenvalue weighted by atomic mass is 9.75. The fourth-order valence-corrected chi connectivity index (χ4v) is 1.24. The van der Waals surface area contributed by atoms with E-state index in [4.69, 9.17) is 5.11 Å². The zero-order valence-corrected chi connectivity index (χ0v) is 6.30. The van der Waals surface area contributed by atoms with Gasteiger partial charge in [0.1, 0.15) is 0 Å². The summed E-state index contributed by atoms with van der Waals surface area (Å²) in [6.45, 7) is 0.0246. The lowest BCUT2D eigenvalue weighted by Crippen LogP contribution is -2.33. The third-order valence-corrected chi connectivity index (χ3v) is 2.00. The molecule has 1 aliphatic rings. The Morgan fingerprint density at radius 1 is 1.67 bits per heavy atom. The first-order valence-corrected chi connectivity index (χ1v) is 3.59. The second-order valence-electron chi connectivity index (χ2n) is 2.89. The molecule has 0 amide bonds. The Morgan fingerprint density at radius 2 is 2.25 bits per heavy atom. The summed E-state index contributed by atoms with van der Waals surface area (Å²) in [5.41, 5.74) is 0. The molecule has 1 N–H and O–H groups in total. The average Bonchev–Trinajstić information content (AvgIpc) is 1.82. The van der Waals surface area contributed by atoms with E-state index >= 15 is 0 Å². The summed E-state index contributed by atoms with van der Waals surface area (Å²) >= 11 is 0. The molecule has 0 radical (unpaired) electrons. The van der Waals surface area contributed by atoms with E-state index in [0.29, 0.717) is 12.8 Å². The summed E-state index contributed by atoms with van der Waals surface area (Å²) in [4.78, 5) is 24.1. The minimum atomic E-state index is -0.853. The van der Waals surface area contributed by atoms with E-state index in [2.05, 4.69) is 4.84 Å². The summed E-state index contributed by atoms with van der Waals surface area (Å²) in [7, 11) is 0. The number of aliphatic carboxylic acids is 1. The van der Waals surface area contributed by atoms with E-state index in [9.17, 15) is 14.9 Å². The number of hydrogen-bond acceptors (Lipinski definition) is 4. The van der Waals surface area contributed by atoms with Crippen molar-refractivity contribution in [3.05, 3.63) is 10.1 Å². The predicted molar refractivity (Wildman–Crippen MR) is 36.8 cm³/mol. The van der Waals surface area contributed by atoms with Crippen LogP contribution in [0.4, 0.5) is 0 Å². The summed E-state index contributed by atoms with van der Waals surface area (Å²) < 4.78 is 0. The summed E-state index contributed by atoms with van der Waals surface area (Å²) in [6.07, 6.45) is 0.979. The molecule has 0 aliphatic heterocycles. The average molecular weight is 175 g/mol. The molecule has 0 unspecified atom stereocenters. The minimum Gasteiger partial charge on any atom is -0.481 e. The van der Waals surface area contributed by atoms with Gasteiger partial charge in [0.2, 0.25) is 0 Å². The van der Waals surface area contributed by atoms with Crippen molar-refractivity contribution in [2.45, 2.75) is 12.8 Å². The van der Waals surface area contributed by atoms with Gasteiger partial charge in [0.25, 0.3) is 5.09 Å². The minimum absolute atomic E-state index is 0.0246. The molecular weight excluding hydrogens is 166 g/mol. The molecule has 0 aromatic rings. The smallest absolute Gasteiger partial charge is 0.306 e. The lowest BCUT2D eigenvalue weighted by Gasteiger charge is -2.30. The van der Waals surface area contributed by atoms with Crippen LogP contribution in [0.1, 0.15) is 12.8 Å². The van der Waals surface area contributed by atoms with Gasteiger partial charge < -0.3 is 9.94 Å². The number of hydrogen-bond donors (Lipinski definition) is 1. The normalized spacial score (nSPS) is 27.3. The highest BCUT2D eigenvalue weighted by atomic mass is 16.9. The Hall–Kier alpha value is -1.33. The maximum absolute atomic E-state index is 10.3. The van der Waals surface area contributed by atoms with Gasteiger partial charge in [-0.25, -0.2) is 0 Å². The Morgan fingerprint density at radius 3 is 2.67 bits per heavy atom. The van der Waals surface area contributed by atoms with Crippen molar-refractivity contribution in [1.82, 2.24) is 0 Å². The molecule has 6 heteroatoms. The highest BCUT2D eigenvalue weighted by molar-refractivity contribution is 5.71. The summed E-state index contributed by atoms with van der Waals surface area (Å²) in [5.74, 6) is -1.12. The molecule has 1 rings (SSSR count). The first kappa shape index (κ1) is 8.76. The van der Waals surface area contributed by atoms with E-state index in [1.807, 2.05) is 0 Å². The Kier molecular flexibility index (Phi) is 2.47. The maximum Gasteiger partial charge on any atom is 0.306 e. The SMILES string of the molecule is O=C(O)[C@H]1C[C@H](CO[N+](=O)[O-])C1. The number of rotatable bonds is 4.